The van der Waals surface area contributed by atoms with Crippen LogP contribution in [0.25, 0.3) is 0 Å². The van der Waals surface area contributed by atoms with Crippen LogP contribution in [0.2, 0.25) is 0 Å². The normalized spacial score (nSPS) is 15.1. The van der Waals surface area contributed by atoms with Crippen molar-refractivity contribution in [1.29, 1.82) is 0 Å². The highest BCUT2D eigenvalue weighted by Gasteiger charge is 1.91. The molecule has 0 spiro atoms. The number of carboxylic acids is 1. The molecule has 0 bridgehead atoms. The van der Waals surface area contributed by atoms with E-state index in [0.29, 0.717) is 0 Å². The van der Waals surface area contributed by atoms with Gasteiger partial charge in [-0.3, -0.25) is 4.79 Å². The Balaban J connectivity index is 0. The fourth-order valence-corrected chi connectivity index (χ4v) is 0.604. The number of hydrogen-bond acceptors (Lipinski definition) is 3. The lowest BCUT2D eigenvalue weighted by Gasteiger charge is -2.11. The number of carbonyl (C=O) groups is 1. The van der Waals surface area contributed by atoms with Gasteiger partial charge in [0.25, 0.3) is 0 Å². The van der Waals surface area contributed by atoms with Crippen molar-refractivity contribution in [3.05, 3.63) is 0 Å². The molecule has 1 saturated heterocycles. The predicted molar refractivity (Wildman–Crippen MR) is 50.9 cm³/mol. The van der Waals surface area contributed by atoms with Gasteiger partial charge >= 0.3 is 5.97 Å². The van der Waals surface area contributed by atoms with Gasteiger partial charge in [-0.05, 0) is 0 Å². The Kier molecular flexibility index (Phi) is 12.7. The summed E-state index contributed by atoms with van der Waals surface area (Å²) < 4.78 is 0. The van der Waals surface area contributed by atoms with Gasteiger partial charge in [-0.1, -0.05) is 6.92 Å². The summed E-state index contributed by atoms with van der Waals surface area (Å²) in [6, 6.07) is 0. The molecule has 0 radical (unpaired) electrons. The Morgan fingerprint density at radius 2 is 1.50 bits per heavy atom. The number of hydrogen-bond donors (Lipinski definition) is 3. The zero-order valence-electron chi connectivity index (χ0n) is 7.30. The van der Waals surface area contributed by atoms with E-state index in [2.05, 4.69) is 10.6 Å². The largest absolute Gasteiger partial charge is 0.481 e. The summed E-state index contributed by atoms with van der Waals surface area (Å²) in [5.41, 5.74) is 0. The van der Waals surface area contributed by atoms with Crippen molar-refractivity contribution in [2.45, 2.75) is 13.3 Å². The van der Waals surface area contributed by atoms with Crippen LogP contribution in [0.4, 0.5) is 0 Å². The summed E-state index contributed by atoms with van der Waals surface area (Å²) in [5.74, 6) is -0.745. The molecule has 0 aromatic rings. The van der Waals surface area contributed by atoms with Gasteiger partial charge < -0.3 is 15.7 Å². The maximum absolute atomic E-state index is 9.37. The molecule has 0 aromatic carbocycles. The summed E-state index contributed by atoms with van der Waals surface area (Å²) in [4.78, 5) is 9.37. The summed E-state index contributed by atoms with van der Waals surface area (Å²) in [6.45, 7) is 6.16. The minimum Gasteiger partial charge on any atom is -0.481 e. The molecule has 5 heteroatoms. The van der Waals surface area contributed by atoms with Crippen LogP contribution < -0.4 is 10.6 Å². The van der Waals surface area contributed by atoms with Crippen molar-refractivity contribution in [2.75, 3.05) is 26.2 Å². The van der Waals surface area contributed by atoms with E-state index in [4.69, 9.17) is 5.11 Å². The van der Waals surface area contributed by atoms with Gasteiger partial charge in [-0.2, -0.15) is 0 Å². The van der Waals surface area contributed by atoms with Crippen LogP contribution in [-0.2, 0) is 4.79 Å². The number of piperazine rings is 1. The molecular formula is C7H17ClN2O2. The molecule has 0 atom stereocenters. The highest BCUT2D eigenvalue weighted by molar-refractivity contribution is 5.85. The highest BCUT2D eigenvalue weighted by atomic mass is 35.5. The van der Waals surface area contributed by atoms with Gasteiger partial charge in [0.1, 0.15) is 0 Å². The second-order valence-corrected chi connectivity index (χ2v) is 2.25. The van der Waals surface area contributed by atoms with E-state index < -0.39 is 5.97 Å². The molecule has 0 aliphatic carbocycles. The number of rotatable bonds is 1. The van der Waals surface area contributed by atoms with Crippen molar-refractivity contribution in [2.24, 2.45) is 0 Å². The molecule has 1 rings (SSSR count). The Hall–Kier alpha value is -0.320. The van der Waals surface area contributed by atoms with Gasteiger partial charge in [0, 0.05) is 32.6 Å². The monoisotopic (exact) mass is 196 g/mol. The molecule has 1 fully saturated rings. The minimum absolute atomic E-state index is 0. The molecular weight excluding hydrogens is 180 g/mol. The third kappa shape index (κ3) is 12.4. The molecule has 12 heavy (non-hydrogen) atoms. The lowest BCUT2D eigenvalue weighted by Crippen LogP contribution is -2.39. The zero-order valence-corrected chi connectivity index (χ0v) is 8.12. The number of halogens is 1. The van der Waals surface area contributed by atoms with Crippen molar-refractivity contribution in [1.82, 2.24) is 10.6 Å². The zero-order chi connectivity index (χ0) is 8.53. The van der Waals surface area contributed by atoms with Crippen molar-refractivity contribution < 1.29 is 9.90 Å². The summed E-state index contributed by atoms with van der Waals surface area (Å²) >= 11 is 0. The molecule has 1 aliphatic heterocycles. The maximum atomic E-state index is 9.37. The van der Waals surface area contributed by atoms with E-state index in [0.717, 1.165) is 26.2 Å². The fourth-order valence-electron chi connectivity index (χ4n) is 0.604. The maximum Gasteiger partial charge on any atom is 0.303 e. The average Bonchev–Trinajstić information content (AvgIpc) is 2.09. The van der Waals surface area contributed by atoms with Crippen LogP contribution in [0, 0.1) is 0 Å². The van der Waals surface area contributed by atoms with Gasteiger partial charge in [0.05, 0.1) is 0 Å². The smallest absolute Gasteiger partial charge is 0.303 e. The third-order valence-corrected chi connectivity index (χ3v) is 1.26. The van der Waals surface area contributed by atoms with E-state index in [9.17, 15) is 4.79 Å². The van der Waals surface area contributed by atoms with E-state index in [1.807, 2.05) is 0 Å². The molecule has 1 aliphatic rings. The summed E-state index contributed by atoms with van der Waals surface area (Å²) in [6.07, 6.45) is 0.222. The van der Waals surface area contributed by atoms with Crippen LogP contribution in [0.3, 0.4) is 0 Å². The van der Waals surface area contributed by atoms with Crippen LogP contribution in [-0.4, -0.2) is 37.3 Å². The van der Waals surface area contributed by atoms with Gasteiger partial charge in [-0.25, -0.2) is 0 Å². The molecule has 0 amide bonds. The summed E-state index contributed by atoms with van der Waals surface area (Å²) in [5, 5.41) is 14.2. The predicted octanol–water partition coefficient (Wildman–Crippen LogP) is 0.0820. The quantitative estimate of drug-likeness (QED) is 0.556. The SMILES string of the molecule is C1CNCCN1.CCC(=O)O.Cl. The first-order valence-electron chi connectivity index (χ1n) is 3.90. The molecule has 74 valence electrons. The number of carboxylic acid groups (broad SMARTS) is 1. The average molecular weight is 197 g/mol. The van der Waals surface area contributed by atoms with Crippen LogP contribution >= 0.6 is 12.4 Å². The lowest BCUT2D eigenvalue weighted by atomic mass is 10.4. The number of nitrogens with one attached hydrogen (secondary N) is 2. The van der Waals surface area contributed by atoms with Crippen molar-refractivity contribution >= 4 is 18.4 Å². The van der Waals surface area contributed by atoms with Crippen molar-refractivity contribution in [3.8, 4) is 0 Å². The second kappa shape index (κ2) is 10.7. The van der Waals surface area contributed by atoms with Gasteiger partial charge in [-0.15, -0.1) is 12.4 Å². The molecule has 3 N–H and O–H groups in total. The van der Waals surface area contributed by atoms with Crippen molar-refractivity contribution in [3.63, 3.8) is 0 Å². The first-order chi connectivity index (χ1) is 5.27. The first-order valence-corrected chi connectivity index (χ1v) is 3.90. The molecule has 1 heterocycles. The van der Waals surface area contributed by atoms with Gasteiger partial charge in [0.15, 0.2) is 0 Å². The van der Waals surface area contributed by atoms with E-state index in [1.165, 1.54) is 0 Å². The Labute approximate surface area is 79.1 Å². The Bertz CT molecular complexity index is 96.1. The molecule has 0 unspecified atom stereocenters. The first kappa shape index (κ1) is 14.2. The van der Waals surface area contributed by atoms with E-state index >= 15 is 0 Å². The third-order valence-electron chi connectivity index (χ3n) is 1.26. The molecule has 0 saturated carbocycles. The standard InChI is InChI=1S/C4H10N2.C3H6O2.ClH/c1-2-6-4-3-5-1;1-2-3(4)5;/h5-6H,1-4H2;2H2,1H3,(H,4,5);1H. The lowest BCUT2D eigenvalue weighted by molar-refractivity contribution is -0.136. The van der Waals surface area contributed by atoms with E-state index in [-0.39, 0.29) is 18.8 Å². The van der Waals surface area contributed by atoms with Crippen LogP contribution in [0.1, 0.15) is 13.3 Å². The Morgan fingerprint density at radius 1 is 1.25 bits per heavy atom. The van der Waals surface area contributed by atoms with E-state index in [1.54, 1.807) is 6.92 Å². The van der Waals surface area contributed by atoms with Crippen LogP contribution in [0.15, 0.2) is 0 Å². The fraction of sp³-hybridized carbons (Fsp3) is 0.857. The highest BCUT2D eigenvalue weighted by Crippen LogP contribution is 1.67. The van der Waals surface area contributed by atoms with Crippen LogP contribution in [0.5, 0.6) is 0 Å². The minimum atomic E-state index is -0.745. The number of aliphatic carboxylic acids is 1. The Morgan fingerprint density at radius 3 is 1.58 bits per heavy atom. The summed E-state index contributed by atoms with van der Waals surface area (Å²) in [7, 11) is 0. The second-order valence-electron chi connectivity index (χ2n) is 2.25. The topological polar surface area (TPSA) is 61.4 Å². The molecule has 4 nitrogen and oxygen atoms in total. The van der Waals surface area contributed by atoms with Gasteiger partial charge in [0.2, 0.25) is 0 Å². The molecule has 0 aromatic heterocycles.